The zero-order valence-electron chi connectivity index (χ0n) is 22.9. The summed E-state index contributed by atoms with van der Waals surface area (Å²) in [5, 5.41) is 35.3. The summed E-state index contributed by atoms with van der Waals surface area (Å²) in [7, 11) is 1.58. The molecule has 1 unspecified atom stereocenters. The fourth-order valence-electron chi connectivity index (χ4n) is 6.36. The molecule has 7 nitrogen and oxygen atoms in total. The van der Waals surface area contributed by atoms with Gasteiger partial charge in [0, 0.05) is 25.0 Å². The number of amides is 1. The number of benzene rings is 3. The summed E-state index contributed by atoms with van der Waals surface area (Å²) in [4.78, 5) is 18.2. The van der Waals surface area contributed by atoms with E-state index in [1.807, 2.05) is 73.0 Å². The molecular weight excluding hydrogens is 530 g/mol. The molecule has 41 heavy (non-hydrogen) atoms. The largest absolute Gasteiger partial charge is 0.386 e. The number of guanidine groups is 1. The van der Waals surface area contributed by atoms with Crippen LogP contribution in [0.3, 0.4) is 0 Å². The Bertz CT molecular complexity index is 1600. The van der Waals surface area contributed by atoms with Crippen molar-refractivity contribution in [2.24, 2.45) is 5.92 Å². The Hall–Kier alpha value is -4.29. The van der Waals surface area contributed by atoms with Crippen LogP contribution in [-0.2, 0) is 10.3 Å². The fraction of sp³-hybridized carbons (Fsp3) is 0.242. The van der Waals surface area contributed by atoms with Gasteiger partial charge in [0.05, 0.1) is 29.1 Å². The zero-order valence-corrected chi connectivity index (χ0v) is 23.7. The monoisotopic (exact) mass is 561 g/mol. The lowest BCUT2D eigenvalue weighted by atomic mass is 9.67. The van der Waals surface area contributed by atoms with E-state index in [4.69, 9.17) is 5.41 Å². The minimum atomic E-state index is -1.32. The molecule has 6 rings (SSSR count). The maximum absolute atomic E-state index is 13.9. The summed E-state index contributed by atoms with van der Waals surface area (Å²) < 4.78 is 0. The Kier molecular flexibility index (Phi) is 6.74. The molecule has 0 radical (unpaired) electrons. The molecule has 2 saturated heterocycles. The smallest absolute Gasteiger partial charge is 0.237 e. The molecule has 3 N–H and O–H groups in total. The standard InChI is InChI=1S/C33H31N5O2S/c1-32(27-17-26(19-41-27)25-15-9-10-22(16-25)18-34)29(30(39)37(2)31(35)36-32)33(40)20-38(21-33)28(23-11-5-3-6-12-23)24-13-7-4-8-14-24/h3-17,19,28-29,40H,20-21H2,1-2H3,(H2,35,36)/t29?,32-/m1/s1. The number of hydrogen-bond donors (Lipinski definition) is 3. The molecule has 0 bridgehead atoms. The van der Waals surface area contributed by atoms with E-state index in [-0.39, 0.29) is 17.9 Å². The molecular formula is C33H31N5O2S. The van der Waals surface area contributed by atoms with Gasteiger partial charge < -0.3 is 10.4 Å². The first-order chi connectivity index (χ1) is 19.7. The van der Waals surface area contributed by atoms with Gasteiger partial charge >= 0.3 is 0 Å². The lowest BCUT2D eigenvalue weighted by Crippen LogP contribution is -2.76. The minimum absolute atomic E-state index is 0.00130. The van der Waals surface area contributed by atoms with Crippen molar-refractivity contribution in [3.63, 3.8) is 0 Å². The first-order valence-corrected chi connectivity index (χ1v) is 14.4. The number of thiophene rings is 1. The predicted molar refractivity (Wildman–Crippen MR) is 160 cm³/mol. The van der Waals surface area contributed by atoms with Crippen molar-refractivity contribution >= 4 is 23.2 Å². The van der Waals surface area contributed by atoms with Crippen molar-refractivity contribution in [3.8, 4) is 17.2 Å². The summed E-state index contributed by atoms with van der Waals surface area (Å²) in [6.45, 7) is 2.52. The molecule has 1 amide bonds. The van der Waals surface area contributed by atoms with Crippen LogP contribution in [0.4, 0.5) is 0 Å². The number of likely N-dealkylation sites (tertiary alicyclic amines) is 1. The highest BCUT2D eigenvalue weighted by molar-refractivity contribution is 7.10. The van der Waals surface area contributed by atoms with E-state index in [9.17, 15) is 15.2 Å². The lowest BCUT2D eigenvalue weighted by Gasteiger charge is -2.58. The number of rotatable bonds is 6. The van der Waals surface area contributed by atoms with Crippen molar-refractivity contribution in [1.29, 1.82) is 10.7 Å². The molecule has 2 fully saturated rings. The quantitative estimate of drug-likeness (QED) is 0.309. The van der Waals surface area contributed by atoms with Gasteiger partial charge in [-0.3, -0.25) is 20.0 Å². The van der Waals surface area contributed by atoms with Crippen LogP contribution in [0.25, 0.3) is 11.1 Å². The van der Waals surface area contributed by atoms with E-state index < -0.39 is 17.1 Å². The SMILES string of the molecule is CN1C(=N)N[C@](C)(c2cc(-c3cccc(C#N)c3)cs2)C(C2(O)CN(C(c3ccccc3)c3ccccc3)C2)C1=O. The van der Waals surface area contributed by atoms with Crippen LogP contribution in [-0.4, -0.2) is 52.5 Å². The van der Waals surface area contributed by atoms with Crippen molar-refractivity contribution in [2.45, 2.75) is 24.1 Å². The average Bonchev–Trinajstić information content (AvgIpc) is 3.48. The highest BCUT2D eigenvalue weighted by Gasteiger charge is 2.62. The van der Waals surface area contributed by atoms with E-state index in [1.54, 1.807) is 13.1 Å². The second-order valence-corrected chi connectivity index (χ2v) is 12.0. The van der Waals surface area contributed by atoms with Gasteiger partial charge in [0.15, 0.2) is 5.96 Å². The molecule has 3 aromatic carbocycles. The maximum atomic E-state index is 13.9. The van der Waals surface area contributed by atoms with E-state index in [2.05, 4.69) is 40.6 Å². The third-order valence-corrected chi connectivity index (χ3v) is 9.56. The van der Waals surface area contributed by atoms with Gasteiger partial charge in [-0.15, -0.1) is 11.3 Å². The van der Waals surface area contributed by atoms with Crippen molar-refractivity contribution in [1.82, 2.24) is 15.1 Å². The number of carbonyl (C=O) groups is 1. The second-order valence-electron chi connectivity index (χ2n) is 11.1. The Morgan fingerprint density at radius 1 is 1.00 bits per heavy atom. The number of β-amino-alcohol motifs (C(OH)–C–C–N with tert-alkyl or cyclic N) is 1. The third kappa shape index (κ3) is 4.62. The van der Waals surface area contributed by atoms with E-state index in [1.165, 1.54) is 16.2 Å². The van der Waals surface area contributed by atoms with Crippen LogP contribution in [0.15, 0.2) is 96.4 Å². The first-order valence-electron chi connectivity index (χ1n) is 13.5. The molecule has 4 aromatic rings. The van der Waals surface area contributed by atoms with Gasteiger partial charge in [0.25, 0.3) is 0 Å². The summed E-state index contributed by atoms with van der Waals surface area (Å²) in [5.41, 5.74) is 2.33. The van der Waals surface area contributed by atoms with Crippen molar-refractivity contribution in [3.05, 3.63) is 118 Å². The topological polar surface area (TPSA) is 103 Å². The Morgan fingerprint density at radius 3 is 2.24 bits per heavy atom. The minimum Gasteiger partial charge on any atom is -0.386 e. The normalized spacial score (nSPS) is 22.2. The summed E-state index contributed by atoms with van der Waals surface area (Å²) in [6.07, 6.45) is 0. The number of aliphatic hydroxyl groups is 1. The van der Waals surface area contributed by atoms with Crippen LogP contribution in [0.2, 0.25) is 0 Å². The zero-order chi connectivity index (χ0) is 28.8. The molecule has 2 atom stereocenters. The Labute approximate surface area is 243 Å². The molecule has 2 aliphatic rings. The second kappa shape index (κ2) is 10.3. The molecule has 0 spiro atoms. The predicted octanol–water partition coefficient (Wildman–Crippen LogP) is 4.95. The van der Waals surface area contributed by atoms with Crippen LogP contribution < -0.4 is 5.32 Å². The van der Waals surface area contributed by atoms with Crippen LogP contribution in [0.1, 0.15) is 34.5 Å². The van der Waals surface area contributed by atoms with E-state index >= 15 is 0 Å². The lowest BCUT2D eigenvalue weighted by molar-refractivity contribution is -0.183. The molecule has 8 heteroatoms. The summed E-state index contributed by atoms with van der Waals surface area (Å²) in [5.74, 6) is -1.10. The van der Waals surface area contributed by atoms with Crippen molar-refractivity contribution < 1.29 is 9.90 Å². The maximum Gasteiger partial charge on any atom is 0.237 e. The van der Waals surface area contributed by atoms with Crippen molar-refractivity contribution in [2.75, 3.05) is 20.1 Å². The fourth-order valence-corrected chi connectivity index (χ4v) is 7.43. The average molecular weight is 562 g/mol. The number of nitrogens with one attached hydrogen (secondary N) is 2. The van der Waals surface area contributed by atoms with Gasteiger partial charge in [-0.1, -0.05) is 72.8 Å². The number of nitriles is 1. The molecule has 2 aliphatic heterocycles. The number of nitrogens with zero attached hydrogens (tertiary/aromatic N) is 3. The highest BCUT2D eigenvalue weighted by Crippen LogP contribution is 2.48. The Morgan fingerprint density at radius 2 is 1.63 bits per heavy atom. The summed E-state index contributed by atoms with van der Waals surface area (Å²) >= 11 is 1.49. The molecule has 1 aromatic heterocycles. The van der Waals surface area contributed by atoms with E-state index in [0.717, 1.165) is 27.1 Å². The molecule has 0 saturated carbocycles. The first kappa shape index (κ1) is 26.9. The van der Waals surface area contributed by atoms with Gasteiger partial charge in [0.1, 0.15) is 5.60 Å². The van der Waals surface area contributed by atoms with Crippen LogP contribution in [0, 0.1) is 22.7 Å². The molecule has 3 heterocycles. The number of carbonyl (C=O) groups excluding carboxylic acids is 1. The number of hydrogen-bond acceptors (Lipinski definition) is 6. The van der Waals surface area contributed by atoms with Gasteiger partial charge in [-0.25, -0.2) is 0 Å². The summed E-state index contributed by atoms with van der Waals surface area (Å²) in [6, 6.07) is 32.0. The Balaban J connectivity index is 1.35. The van der Waals surface area contributed by atoms with Crippen LogP contribution in [0.5, 0.6) is 0 Å². The van der Waals surface area contributed by atoms with E-state index in [0.29, 0.717) is 18.7 Å². The molecule has 0 aliphatic carbocycles. The van der Waals surface area contributed by atoms with Gasteiger partial charge in [-0.05, 0) is 52.8 Å². The van der Waals surface area contributed by atoms with Gasteiger partial charge in [0.2, 0.25) is 5.91 Å². The highest BCUT2D eigenvalue weighted by atomic mass is 32.1. The van der Waals surface area contributed by atoms with Crippen LogP contribution >= 0.6 is 11.3 Å². The molecule has 206 valence electrons. The third-order valence-electron chi connectivity index (χ3n) is 8.39. The van der Waals surface area contributed by atoms with Gasteiger partial charge in [-0.2, -0.15) is 5.26 Å².